The van der Waals surface area contributed by atoms with Gasteiger partial charge in [0, 0.05) is 48.9 Å². The number of nitrogens with one attached hydrogen (secondary N) is 3. The van der Waals surface area contributed by atoms with Crippen LogP contribution < -0.4 is 20.9 Å². The van der Waals surface area contributed by atoms with Crippen LogP contribution in [0.1, 0.15) is 64.8 Å². The Morgan fingerprint density at radius 2 is 1.95 bits per heavy atom. The quantitative estimate of drug-likeness (QED) is 0.282. The standard InChI is InChI=1S/C30H34F3N7O3/c1-2-22-26(35-16-24(29(42)43)39-28(41)20-5-3-7-21(15-20)30(31,32)33)36-17-37-27(22)40-13-10-18(11-14-40)23-9-8-19-6-4-12-34-25(19)38-23/h3,5,7-9,15,17-18,24H,2,4,6,10-14,16H2,1H3,(H,34,38)(H,39,41)(H,42,43)(H,35,36,37)/t24-/m0/s1. The fraction of sp³-hybridized carbons (Fsp3) is 0.433. The number of halogens is 3. The van der Waals surface area contributed by atoms with Crippen molar-refractivity contribution in [2.45, 2.75) is 57.2 Å². The molecule has 2 aromatic heterocycles. The lowest BCUT2D eigenvalue weighted by Crippen LogP contribution is -2.45. The average molecular weight is 598 g/mol. The highest BCUT2D eigenvalue weighted by molar-refractivity contribution is 5.96. The molecule has 0 spiro atoms. The van der Waals surface area contributed by atoms with E-state index in [1.165, 1.54) is 18.0 Å². The number of carboxylic acids is 1. The third-order valence-electron chi connectivity index (χ3n) is 7.93. The molecule has 0 radical (unpaired) electrons. The number of aryl methyl sites for hydroxylation is 1. The summed E-state index contributed by atoms with van der Waals surface area (Å²) in [5.74, 6) is 0.276. The lowest BCUT2D eigenvalue weighted by atomic mass is 9.92. The molecule has 13 heteroatoms. The fourth-order valence-electron chi connectivity index (χ4n) is 5.59. The molecule has 4 N–H and O–H groups in total. The minimum absolute atomic E-state index is 0.233. The topological polar surface area (TPSA) is 132 Å². The van der Waals surface area contributed by atoms with Gasteiger partial charge >= 0.3 is 12.1 Å². The van der Waals surface area contributed by atoms with Crippen LogP contribution in [0.15, 0.2) is 42.7 Å². The molecule has 0 saturated carbocycles. The summed E-state index contributed by atoms with van der Waals surface area (Å²) in [5, 5.41) is 18.4. The number of benzene rings is 1. The summed E-state index contributed by atoms with van der Waals surface area (Å²) in [6.07, 6.45) is 1.34. The summed E-state index contributed by atoms with van der Waals surface area (Å²) in [7, 11) is 0. The Morgan fingerprint density at radius 3 is 2.67 bits per heavy atom. The van der Waals surface area contributed by atoms with Gasteiger partial charge in [0.2, 0.25) is 0 Å². The number of carboxylic acid groups (broad SMARTS) is 1. The summed E-state index contributed by atoms with van der Waals surface area (Å²) in [5.41, 5.74) is 1.89. The van der Waals surface area contributed by atoms with E-state index in [9.17, 15) is 27.9 Å². The van der Waals surface area contributed by atoms with Crippen molar-refractivity contribution in [3.8, 4) is 0 Å². The van der Waals surface area contributed by atoms with Crippen LogP contribution >= 0.6 is 0 Å². The molecule has 1 atom stereocenters. The third-order valence-corrected chi connectivity index (χ3v) is 7.93. The Morgan fingerprint density at radius 1 is 1.16 bits per heavy atom. The molecule has 0 unspecified atom stereocenters. The molecule has 1 aromatic carbocycles. The number of pyridine rings is 1. The predicted octanol–water partition coefficient (Wildman–Crippen LogP) is 4.49. The van der Waals surface area contributed by atoms with Crippen LogP contribution in [-0.2, 0) is 23.8 Å². The van der Waals surface area contributed by atoms with Gasteiger partial charge in [-0.05, 0) is 61.9 Å². The van der Waals surface area contributed by atoms with Crippen molar-refractivity contribution >= 4 is 29.3 Å². The second kappa shape index (κ2) is 12.8. The molecule has 5 rings (SSSR count). The lowest BCUT2D eigenvalue weighted by molar-refractivity contribution is -0.139. The number of aliphatic carboxylic acids is 1. The molecule has 10 nitrogen and oxygen atoms in total. The first-order valence-electron chi connectivity index (χ1n) is 14.4. The first-order chi connectivity index (χ1) is 20.6. The lowest BCUT2D eigenvalue weighted by Gasteiger charge is -2.34. The third kappa shape index (κ3) is 6.98. The number of aromatic nitrogens is 3. The van der Waals surface area contributed by atoms with Crippen molar-refractivity contribution in [1.82, 2.24) is 20.3 Å². The van der Waals surface area contributed by atoms with E-state index in [0.29, 0.717) is 24.2 Å². The zero-order chi connectivity index (χ0) is 30.6. The van der Waals surface area contributed by atoms with E-state index >= 15 is 0 Å². The van der Waals surface area contributed by atoms with Crippen LogP contribution in [0.2, 0.25) is 0 Å². The van der Waals surface area contributed by atoms with E-state index in [1.807, 2.05) is 6.92 Å². The van der Waals surface area contributed by atoms with Crippen LogP contribution in [0.3, 0.4) is 0 Å². The molecule has 0 bridgehead atoms. The first-order valence-corrected chi connectivity index (χ1v) is 14.4. The summed E-state index contributed by atoms with van der Waals surface area (Å²) in [6, 6.07) is 6.74. The Labute approximate surface area is 247 Å². The van der Waals surface area contributed by atoms with E-state index in [0.717, 1.165) is 80.3 Å². The minimum atomic E-state index is -4.63. The van der Waals surface area contributed by atoms with Crippen LogP contribution in [-0.4, -0.2) is 64.2 Å². The van der Waals surface area contributed by atoms with E-state index in [4.69, 9.17) is 4.98 Å². The van der Waals surface area contributed by atoms with Crippen molar-refractivity contribution in [3.63, 3.8) is 0 Å². The smallest absolute Gasteiger partial charge is 0.416 e. The predicted molar refractivity (Wildman–Crippen MR) is 155 cm³/mol. The molecule has 2 aliphatic rings. The van der Waals surface area contributed by atoms with Gasteiger partial charge in [-0.2, -0.15) is 13.2 Å². The SMILES string of the molecule is CCc1c(NC[C@H](NC(=O)c2cccc(C(F)(F)F)c2)C(=O)O)ncnc1N1CCC(c2ccc3c(n2)NCCC3)CC1. The number of carbonyl (C=O) groups excluding carboxylic acids is 1. The van der Waals surface area contributed by atoms with Crippen LogP contribution in [0, 0.1) is 0 Å². The van der Waals surface area contributed by atoms with Gasteiger partial charge in [0.25, 0.3) is 5.91 Å². The van der Waals surface area contributed by atoms with Crippen LogP contribution in [0.25, 0.3) is 0 Å². The Balaban J connectivity index is 1.23. The molecule has 228 valence electrons. The molecule has 1 fully saturated rings. The van der Waals surface area contributed by atoms with Gasteiger partial charge in [-0.1, -0.05) is 19.1 Å². The highest BCUT2D eigenvalue weighted by atomic mass is 19.4. The number of nitrogens with zero attached hydrogens (tertiary/aromatic N) is 4. The second-order valence-corrected chi connectivity index (χ2v) is 10.7. The molecule has 4 heterocycles. The van der Waals surface area contributed by atoms with Gasteiger partial charge in [-0.3, -0.25) is 4.79 Å². The minimum Gasteiger partial charge on any atom is -0.480 e. The molecular formula is C30H34F3N7O3. The maximum atomic E-state index is 13.1. The van der Waals surface area contributed by atoms with E-state index in [1.54, 1.807) is 0 Å². The van der Waals surface area contributed by atoms with Crippen molar-refractivity contribution < 1.29 is 27.9 Å². The maximum absolute atomic E-state index is 13.1. The Bertz CT molecular complexity index is 1480. The molecular weight excluding hydrogens is 563 g/mol. The number of anilines is 3. The van der Waals surface area contributed by atoms with Crippen molar-refractivity contribution in [2.75, 3.05) is 41.7 Å². The van der Waals surface area contributed by atoms with E-state index in [-0.39, 0.29) is 12.1 Å². The molecule has 0 aliphatic carbocycles. The molecule has 1 saturated heterocycles. The number of piperidine rings is 1. The zero-order valence-electron chi connectivity index (χ0n) is 23.7. The largest absolute Gasteiger partial charge is 0.480 e. The monoisotopic (exact) mass is 597 g/mol. The maximum Gasteiger partial charge on any atom is 0.416 e. The number of hydrogen-bond acceptors (Lipinski definition) is 8. The summed E-state index contributed by atoms with van der Waals surface area (Å²) in [6.45, 7) is 4.20. The summed E-state index contributed by atoms with van der Waals surface area (Å²) >= 11 is 0. The number of hydrogen-bond donors (Lipinski definition) is 4. The van der Waals surface area contributed by atoms with Gasteiger partial charge < -0.3 is 26.0 Å². The number of amides is 1. The Hall–Kier alpha value is -4.42. The molecule has 1 amide bonds. The van der Waals surface area contributed by atoms with Crippen molar-refractivity contribution in [1.29, 1.82) is 0 Å². The number of fused-ring (bicyclic) bond motifs is 1. The van der Waals surface area contributed by atoms with E-state index in [2.05, 4.69) is 43.0 Å². The highest BCUT2D eigenvalue weighted by Gasteiger charge is 2.31. The average Bonchev–Trinajstić information content (AvgIpc) is 3.02. The zero-order valence-corrected chi connectivity index (χ0v) is 23.7. The van der Waals surface area contributed by atoms with Gasteiger partial charge in [0.15, 0.2) is 0 Å². The summed E-state index contributed by atoms with van der Waals surface area (Å²) < 4.78 is 39.2. The van der Waals surface area contributed by atoms with Crippen LogP contribution in [0.5, 0.6) is 0 Å². The highest BCUT2D eigenvalue weighted by Crippen LogP contribution is 2.33. The number of alkyl halides is 3. The number of carbonyl (C=O) groups is 2. The van der Waals surface area contributed by atoms with Gasteiger partial charge in [0.05, 0.1) is 5.56 Å². The first kappa shape index (κ1) is 30.1. The summed E-state index contributed by atoms with van der Waals surface area (Å²) in [4.78, 5) is 40.5. The van der Waals surface area contributed by atoms with Crippen molar-refractivity contribution in [2.24, 2.45) is 0 Å². The van der Waals surface area contributed by atoms with Gasteiger partial charge in [0.1, 0.15) is 29.8 Å². The fourth-order valence-corrected chi connectivity index (χ4v) is 5.59. The van der Waals surface area contributed by atoms with E-state index < -0.39 is 29.7 Å². The normalized spacial score (nSPS) is 16.1. The molecule has 3 aromatic rings. The molecule has 2 aliphatic heterocycles. The number of rotatable bonds is 9. The Kier molecular flexibility index (Phi) is 8.97. The van der Waals surface area contributed by atoms with Crippen LogP contribution in [0.4, 0.5) is 30.6 Å². The molecule has 43 heavy (non-hydrogen) atoms. The van der Waals surface area contributed by atoms with Gasteiger partial charge in [-0.25, -0.2) is 19.7 Å². The van der Waals surface area contributed by atoms with Gasteiger partial charge in [-0.15, -0.1) is 0 Å². The van der Waals surface area contributed by atoms with Crippen molar-refractivity contribution in [3.05, 3.63) is 70.7 Å². The second-order valence-electron chi connectivity index (χ2n) is 10.7.